The topological polar surface area (TPSA) is 79.8 Å². The number of thiazole rings is 1. The summed E-state index contributed by atoms with van der Waals surface area (Å²) in [4.78, 5) is 26.2. The van der Waals surface area contributed by atoms with Gasteiger partial charge >= 0.3 is 0 Å². The van der Waals surface area contributed by atoms with Gasteiger partial charge in [0.05, 0.1) is 18.1 Å². The lowest BCUT2D eigenvalue weighted by Gasteiger charge is -2.05. The predicted molar refractivity (Wildman–Crippen MR) is 82.9 cm³/mol. The average molecular weight is 303 g/mol. The molecule has 2 aromatic rings. The van der Waals surface area contributed by atoms with Crippen LogP contribution < -0.4 is 10.6 Å². The number of hydrogen-bond acceptors (Lipinski definition) is 6. The minimum Gasteiger partial charge on any atom is -0.369 e. The van der Waals surface area contributed by atoms with Gasteiger partial charge in [-0.15, -0.1) is 11.3 Å². The van der Waals surface area contributed by atoms with E-state index in [1.54, 1.807) is 17.5 Å². The lowest BCUT2D eigenvalue weighted by atomic mass is 10.4. The van der Waals surface area contributed by atoms with Crippen molar-refractivity contribution in [2.45, 2.75) is 32.6 Å². The Labute approximate surface area is 127 Å². The fourth-order valence-electron chi connectivity index (χ4n) is 2.22. The molecule has 3 rings (SSSR count). The second-order valence-corrected chi connectivity index (χ2v) is 6.00. The van der Waals surface area contributed by atoms with Crippen LogP contribution in [-0.2, 0) is 12.8 Å². The summed E-state index contributed by atoms with van der Waals surface area (Å²) in [6, 6.07) is 0. The highest BCUT2D eigenvalue weighted by Crippen LogP contribution is 2.30. The zero-order chi connectivity index (χ0) is 14.7. The van der Waals surface area contributed by atoms with Crippen molar-refractivity contribution in [2.24, 2.45) is 0 Å². The van der Waals surface area contributed by atoms with Crippen molar-refractivity contribution in [3.05, 3.63) is 28.7 Å². The Bertz CT molecular complexity index is 633. The van der Waals surface area contributed by atoms with Crippen LogP contribution in [0, 0.1) is 0 Å². The first-order chi connectivity index (χ1) is 10.3. The lowest BCUT2D eigenvalue weighted by Crippen LogP contribution is -2.15. The number of aromatic nitrogens is 3. The Morgan fingerprint density at radius 2 is 2.24 bits per heavy atom. The summed E-state index contributed by atoms with van der Waals surface area (Å²) in [5.74, 6) is 0.348. The summed E-state index contributed by atoms with van der Waals surface area (Å²) >= 11 is 1.56. The molecule has 6 nitrogen and oxygen atoms in total. The van der Waals surface area contributed by atoms with E-state index in [9.17, 15) is 4.79 Å². The first kappa shape index (κ1) is 13.9. The number of amides is 1. The van der Waals surface area contributed by atoms with E-state index in [-0.39, 0.29) is 5.91 Å². The van der Waals surface area contributed by atoms with Crippen molar-refractivity contribution in [1.82, 2.24) is 15.0 Å². The Kier molecular flexibility index (Phi) is 4.10. The zero-order valence-corrected chi connectivity index (χ0v) is 12.7. The summed E-state index contributed by atoms with van der Waals surface area (Å²) < 4.78 is 0. The van der Waals surface area contributed by atoms with Gasteiger partial charge in [-0.2, -0.15) is 0 Å². The second-order valence-electron chi connectivity index (χ2n) is 4.91. The SMILES string of the molecule is CCCNc1cncc(C(=O)Nc2nc3c(s2)CCC3)n1. The molecule has 0 aliphatic heterocycles. The van der Waals surface area contributed by atoms with Crippen LogP contribution in [0.5, 0.6) is 0 Å². The summed E-state index contributed by atoms with van der Waals surface area (Å²) in [5, 5.41) is 6.58. The highest BCUT2D eigenvalue weighted by molar-refractivity contribution is 7.15. The normalized spacial score (nSPS) is 13.0. The first-order valence-corrected chi connectivity index (χ1v) is 7.93. The largest absolute Gasteiger partial charge is 0.369 e. The molecular formula is C14H17N5OS. The van der Waals surface area contributed by atoms with Crippen molar-refractivity contribution in [2.75, 3.05) is 17.2 Å². The van der Waals surface area contributed by atoms with E-state index in [4.69, 9.17) is 0 Å². The van der Waals surface area contributed by atoms with Crippen molar-refractivity contribution in [1.29, 1.82) is 0 Å². The van der Waals surface area contributed by atoms with E-state index in [1.165, 1.54) is 17.5 Å². The number of carbonyl (C=O) groups is 1. The van der Waals surface area contributed by atoms with Crippen LogP contribution in [0.25, 0.3) is 0 Å². The Balaban J connectivity index is 1.69. The van der Waals surface area contributed by atoms with Gasteiger partial charge < -0.3 is 5.32 Å². The molecule has 110 valence electrons. The van der Waals surface area contributed by atoms with Gasteiger partial charge in [-0.25, -0.2) is 9.97 Å². The number of fused-ring (bicyclic) bond motifs is 1. The summed E-state index contributed by atoms with van der Waals surface area (Å²) in [5.41, 5.74) is 1.42. The van der Waals surface area contributed by atoms with E-state index in [0.29, 0.717) is 16.6 Å². The smallest absolute Gasteiger partial charge is 0.277 e. The molecule has 1 amide bonds. The van der Waals surface area contributed by atoms with E-state index < -0.39 is 0 Å². The molecule has 0 fully saturated rings. The molecule has 1 aliphatic carbocycles. The predicted octanol–water partition coefficient (Wildman–Crippen LogP) is 2.50. The molecule has 0 atom stereocenters. The molecule has 0 unspecified atom stereocenters. The average Bonchev–Trinajstić information content (AvgIpc) is 3.06. The fourth-order valence-corrected chi connectivity index (χ4v) is 3.26. The van der Waals surface area contributed by atoms with Gasteiger partial charge in [-0.3, -0.25) is 15.1 Å². The fraction of sp³-hybridized carbons (Fsp3) is 0.429. The van der Waals surface area contributed by atoms with Crippen molar-refractivity contribution >= 4 is 28.2 Å². The molecule has 0 aromatic carbocycles. The van der Waals surface area contributed by atoms with E-state index in [2.05, 4.69) is 32.5 Å². The third-order valence-electron chi connectivity index (χ3n) is 3.24. The zero-order valence-electron chi connectivity index (χ0n) is 11.8. The molecular weight excluding hydrogens is 286 g/mol. The Hall–Kier alpha value is -2.02. The van der Waals surface area contributed by atoms with Gasteiger partial charge in [0.1, 0.15) is 11.5 Å². The number of nitrogens with zero attached hydrogens (tertiary/aromatic N) is 3. The number of aryl methyl sites for hydroxylation is 2. The molecule has 0 saturated heterocycles. The quantitative estimate of drug-likeness (QED) is 0.887. The molecule has 2 aromatic heterocycles. The monoisotopic (exact) mass is 303 g/mol. The van der Waals surface area contributed by atoms with Crippen molar-refractivity contribution in [3.63, 3.8) is 0 Å². The standard InChI is InChI=1S/C14H17N5OS/c1-2-6-16-12-8-15-7-10(17-12)13(20)19-14-18-9-4-3-5-11(9)21-14/h7-8H,2-6H2,1H3,(H,16,17)(H,18,19,20). The maximum Gasteiger partial charge on any atom is 0.277 e. The van der Waals surface area contributed by atoms with E-state index in [0.717, 1.165) is 31.5 Å². The molecule has 1 aliphatic rings. The van der Waals surface area contributed by atoms with Crippen LogP contribution in [0.15, 0.2) is 12.4 Å². The third kappa shape index (κ3) is 3.18. The minimum absolute atomic E-state index is 0.268. The van der Waals surface area contributed by atoms with Gasteiger partial charge in [0, 0.05) is 11.4 Å². The van der Waals surface area contributed by atoms with E-state index >= 15 is 0 Å². The molecule has 0 saturated carbocycles. The molecule has 0 spiro atoms. The Morgan fingerprint density at radius 1 is 1.33 bits per heavy atom. The van der Waals surface area contributed by atoms with Gasteiger partial charge in [0.25, 0.3) is 5.91 Å². The number of hydrogen-bond donors (Lipinski definition) is 2. The summed E-state index contributed by atoms with van der Waals surface area (Å²) in [6.45, 7) is 2.87. The minimum atomic E-state index is -0.268. The summed E-state index contributed by atoms with van der Waals surface area (Å²) in [6.07, 6.45) is 7.32. The van der Waals surface area contributed by atoms with Crippen LogP contribution in [-0.4, -0.2) is 27.4 Å². The second kappa shape index (κ2) is 6.17. The van der Waals surface area contributed by atoms with E-state index in [1.807, 2.05) is 0 Å². The lowest BCUT2D eigenvalue weighted by molar-refractivity contribution is 0.102. The first-order valence-electron chi connectivity index (χ1n) is 7.12. The molecule has 0 bridgehead atoms. The van der Waals surface area contributed by atoms with Gasteiger partial charge in [0.2, 0.25) is 0 Å². The van der Waals surface area contributed by atoms with Gasteiger partial charge in [-0.05, 0) is 25.7 Å². The number of rotatable bonds is 5. The maximum atomic E-state index is 12.2. The van der Waals surface area contributed by atoms with Crippen LogP contribution in [0.4, 0.5) is 10.9 Å². The molecule has 2 N–H and O–H groups in total. The van der Waals surface area contributed by atoms with Gasteiger partial charge in [0.15, 0.2) is 5.13 Å². The van der Waals surface area contributed by atoms with Crippen LogP contribution in [0.3, 0.4) is 0 Å². The molecule has 0 radical (unpaired) electrons. The Morgan fingerprint density at radius 3 is 3.05 bits per heavy atom. The molecule has 21 heavy (non-hydrogen) atoms. The number of carbonyl (C=O) groups excluding carboxylic acids is 1. The van der Waals surface area contributed by atoms with Crippen LogP contribution >= 0.6 is 11.3 Å². The molecule has 7 heteroatoms. The number of anilines is 2. The maximum absolute atomic E-state index is 12.2. The van der Waals surface area contributed by atoms with Crippen LogP contribution in [0.1, 0.15) is 40.8 Å². The van der Waals surface area contributed by atoms with Crippen molar-refractivity contribution in [3.8, 4) is 0 Å². The molecule has 2 heterocycles. The summed E-state index contributed by atoms with van der Waals surface area (Å²) in [7, 11) is 0. The number of nitrogens with one attached hydrogen (secondary N) is 2. The third-order valence-corrected chi connectivity index (χ3v) is 4.31. The highest BCUT2D eigenvalue weighted by atomic mass is 32.1. The van der Waals surface area contributed by atoms with Crippen LogP contribution in [0.2, 0.25) is 0 Å². The van der Waals surface area contributed by atoms with Gasteiger partial charge in [-0.1, -0.05) is 6.92 Å². The van der Waals surface area contributed by atoms with Crippen molar-refractivity contribution < 1.29 is 4.79 Å². The highest BCUT2D eigenvalue weighted by Gasteiger charge is 2.18.